The first-order chi connectivity index (χ1) is 9.04. The van der Waals surface area contributed by atoms with Crippen molar-refractivity contribution in [3.05, 3.63) is 29.6 Å². The summed E-state index contributed by atoms with van der Waals surface area (Å²) in [6.07, 6.45) is 2.24. The predicted molar refractivity (Wildman–Crippen MR) is 81.1 cm³/mol. The average molecular weight is 266 g/mol. The summed E-state index contributed by atoms with van der Waals surface area (Å²) in [5, 5.41) is 3.35. The fraction of sp³-hybridized carbons (Fsp3) is 0.625. The lowest BCUT2D eigenvalue weighted by molar-refractivity contribution is 0.582. The van der Waals surface area contributed by atoms with Gasteiger partial charge in [0.1, 0.15) is 5.82 Å². The number of hydrogen-bond acceptors (Lipinski definition) is 2. The molecule has 0 atom stereocenters. The third kappa shape index (κ3) is 5.60. The van der Waals surface area contributed by atoms with Crippen molar-refractivity contribution >= 4 is 5.69 Å². The number of halogens is 1. The number of nitrogens with zero attached hydrogens (tertiary/aromatic N) is 1. The van der Waals surface area contributed by atoms with Gasteiger partial charge in [-0.3, -0.25) is 0 Å². The molecule has 2 nitrogen and oxygen atoms in total. The van der Waals surface area contributed by atoms with Crippen molar-refractivity contribution in [3.8, 4) is 0 Å². The van der Waals surface area contributed by atoms with E-state index in [1.54, 1.807) is 12.1 Å². The lowest BCUT2D eigenvalue weighted by atomic mass is 10.1. The minimum Gasteiger partial charge on any atom is -0.374 e. The van der Waals surface area contributed by atoms with Crippen molar-refractivity contribution < 1.29 is 4.39 Å². The Morgan fingerprint density at radius 2 is 2.05 bits per heavy atom. The summed E-state index contributed by atoms with van der Waals surface area (Å²) in [6.45, 7) is 9.28. The van der Waals surface area contributed by atoms with Crippen LogP contribution in [-0.4, -0.2) is 20.1 Å². The number of benzene rings is 1. The van der Waals surface area contributed by atoms with Crippen molar-refractivity contribution in [1.29, 1.82) is 0 Å². The van der Waals surface area contributed by atoms with Gasteiger partial charge in [-0.15, -0.1) is 0 Å². The summed E-state index contributed by atoms with van der Waals surface area (Å²) in [5.74, 6) is 0.527. The summed E-state index contributed by atoms with van der Waals surface area (Å²) in [7, 11) is 2.08. The second kappa shape index (κ2) is 8.16. The smallest absolute Gasteiger partial charge is 0.123 e. The van der Waals surface area contributed by atoms with Gasteiger partial charge in [0, 0.05) is 25.8 Å². The molecule has 3 heteroatoms. The number of hydrogen-bond donors (Lipinski definition) is 1. The Morgan fingerprint density at radius 1 is 1.32 bits per heavy atom. The summed E-state index contributed by atoms with van der Waals surface area (Å²) in [5.41, 5.74) is 2.17. The first-order valence-electron chi connectivity index (χ1n) is 7.24. The van der Waals surface area contributed by atoms with Crippen molar-refractivity contribution in [2.24, 2.45) is 5.92 Å². The van der Waals surface area contributed by atoms with E-state index in [4.69, 9.17) is 0 Å². The first kappa shape index (κ1) is 16.0. The molecular formula is C16H27FN2. The van der Waals surface area contributed by atoms with Crippen LogP contribution in [0.2, 0.25) is 0 Å². The van der Waals surface area contributed by atoms with E-state index in [-0.39, 0.29) is 5.82 Å². The van der Waals surface area contributed by atoms with Crippen LogP contribution in [0.25, 0.3) is 0 Å². The van der Waals surface area contributed by atoms with Gasteiger partial charge < -0.3 is 10.2 Å². The van der Waals surface area contributed by atoms with Gasteiger partial charge in [0.05, 0.1) is 0 Å². The molecule has 0 radical (unpaired) electrons. The Balaban J connectivity index is 2.74. The second-order valence-corrected chi connectivity index (χ2v) is 5.55. The van der Waals surface area contributed by atoms with E-state index in [9.17, 15) is 4.39 Å². The molecule has 0 fully saturated rings. The van der Waals surface area contributed by atoms with Gasteiger partial charge >= 0.3 is 0 Å². The highest BCUT2D eigenvalue weighted by atomic mass is 19.1. The lowest BCUT2D eigenvalue weighted by Crippen LogP contribution is -2.23. The molecule has 1 N–H and O–H groups in total. The molecular weight excluding hydrogens is 239 g/mol. The largest absolute Gasteiger partial charge is 0.374 e. The molecule has 0 heterocycles. The fourth-order valence-electron chi connectivity index (χ4n) is 2.04. The van der Waals surface area contributed by atoms with Crippen molar-refractivity contribution in [2.75, 3.05) is 25.0 Å². The zero-order valence-electron chi connectivity index (χ0n) is 12.7. The molecule has 0 spiro atoms. The highest BCUT2D eigenvalue weighted by Gasteiger charge is 2.09. The molecule has 1 aromatic rings. The molecule has 0 unspecified atom stereocenters. The SMILES string of the molecule is CCCNCc1cc(F)ccc1N(C)CCC(C)C. The van der Waals surface area contributed by atoms with Gasteiger partial charge in [0.2, 0.25) is 0 Å². The summed E-state index contributed by atoms with van der Waals surface area (Å²) in [6, 6.07) is 5.08. The molecule has 0 aliphatic heterocycles. The van der Waals surface area contributed by atoms with Gasteiger partial charge in [-0.05, 0) is 49.1 Å². The Morgan fingerprint density at radius 3 is 2.68 bits per heavy atom. The van der Waals surface area contributed by atoms with E-state index < -0.39 is 0 Å². The highest BCUT2D eigenvalue weighted by molar-refractivity contribution is 5.53. The molecule has 0 saturated carbocycles. The normalized spacial score (nSPS) is 11.1. The molecule has 108 valence electrons. The number of rotatable bonds is 8. The van der Waals surface area contributed by atoms with Crippen LogP contribution in [0.4, 0.5) is 10.1 Å². The number of nitrogens with one attached hydrogen (secondary N) is 1. The van der Waals surface area contributed by atoms with E-state index in [1.807, 2.05) is 6.07 Å². The maximum Gasteiger partial charge on any atom is 0.123 e. The fourth-order valence-corrected chi connectivity index (χ4v) is 2.04. The minimum atomic E-state index is -0.158. The zero-order chi connectivity index (χ0) is 14.3. The Kier molecular flexibility index (Phi) is 6.85. The van der Waals surface area contributed by atoms with Crippen LogP contribution in [0.3, 0.4) is 0 Å². The first-order valence-corrected chi connectivity index (χ1v) is 7.24. The second-order valence-electron chi connectivity index (χ2n) is 5.55. The van der Waals surface area contributed by atoms with Crippen LogP contribution < -0.4 is 10.2 Å². The van der Waals surface area contributed by atoms with Gasteiger partial charge in [0.25, 0.3) is 0 Å². The molecule has 0 amide bonds. The van der Waals surface area contributed by atoms with Gasteiger partial charge in [-0.2, -0.15) is 0 Å². The van der Waals surface area contributed by atoms with Crippen molar-refractivity contribution in [2.45, 2.75) is 40.2 Å². The maximum absolute atomic E-state index is 13.4. The molecule has 0 saturated heterocycles. The van der Waals surface area contributed by atoms with E-state index in [1.165, 1.54) is 0 Å². The van der Waals surface area contributed by atoms with E-state index in [0.29, 0.717) is 5.92 Å². The number of anilines is 1. The predicted octanol–water partition coefficient (Wildman–Crippen LogP) is 3.81. The third-order valence-electron chi connectivity index (χ3n) is 3.24. The summed E-state index contributed by atoms with van der Waals surface area (Å²) >= 11 is 0. The van der Waals surface area contributed by atoms with E-state index in [2.05, 4.69) is 38.0 Å². The monoisotopic (exact) mass is 266 g/mol. The van der Waals surface area contributed by atoms with E-state index in [0.717, 1.165) is 43.7 Å². The van der Waals surface area contributed by atoms with Crippen LogP contribution >= 0.6 is 0 Å². The van der Waals surface area contributed by atoms with Crippen molar-refractivity contribution in [3.63, 3.8) is 0 Å². The van der Waals surface area contributed by atoms with Crippen LogP contribution in [0.5, 0.6) is 0 Å². The lowest BCUT2D eigenvalue weighted by Gasteiger charge is -2.23. The Labute approximate surface area is 117 Å². The van der Waals surface area contributed by atoms with Crippen LogP contribution in [-0.2, 0) is 6.54 Å². The topological polar surface area (TPSA) is 15.3 Å². The Hall–Kier alpha value is -1.09. The summed E-state index contributed by atoms with van der Waals surface area (Å²) in [4.78, 5) is 2.22. The van der Waals surface area contributed by atoms with E-state index >= 15 is 0 Å². The molecule has 0 aliphatic rings. The van der Waals surface area contributed by atoms with Crippen molar-refractivity contribution in [1.82, 2.24) is 5.32 Å². The van der Waals surface area contributed by atoms with Gasteiger partial charge in [-0.25, -0.2) is 4.39 Å². The molecule has 1 rings (SSSR count). The zero-order valence-corrected chi connectivity index (χ0v) is 12.7. The standard InChI is InChI=1S/C16H27FN2/c1-5-9-18-12-14-11-15(17)6-7-16(14)19(4)10-8-13(2)3/h6-7,11,13,18H,5,8-10,12H2,1-4H3. The van der Waals surface area contributed by atoms with Crippen LogP contribution in [0, 0.1) is 11.7 Å². The van der Waals surface area contributed by atoms with Gasteiger partial charge in [-0.1, -0.05) is 20.8 Å². The molecule has 0 aliphatic carbocycles. The molecule has 0 bridgehead atoms. The minimum absolute atomic E-state index is 0.158. The quantitative estimate of drug-likeness (QED) is 0.720. The molecule has 0 aromatic heterocycles. The van der Waals surface area contributed by atoms with Crippen LogP contribution in [0.1, 0.15) is 39.2 Å². The Bertz CT molecular complexity index is 377. The molecule has 19 heavy (non-hydrogen) atoms. The highest BCUT2D eigenvalue weighted by Crippen LogP contribution is 2.21. The third-order valence-corrected chi connectivity index (χ3v) is 3.24. The maximum atomic E-state index is 13.4. The summed E-state index contributed by atoms with van der Waals surface area (Å²) < 4.78 is 13.4. The van der Waals surface area contributed by atoms with Gasteiger partial charge in [0.15, 0.2) is 0 Å². The molecule has 1 aromatic carbocycles. The van der Waals surface area contributed by atoms with Crippen LogP contribution in [0.15, 0.2) is 18.2 Å². The average Bonchev–Trinajstić information content (AvgIpc) is 2.36.